The van der Waals surface area contributed by atoms with Crippen LogP contribution in [0.5, 0.6) is 0 Å². The van der Waals surface area contributed by atoms with E-state index in [1.807, 2.05) is 12.3 Å². The topological polar surface area (TPSA) is 56.0 Å². The summed E-state index contributed by atoms with van der Waals surface area (Å²) in [6.45, 7) is 7.18. The second-order valence-electron chi connectivity index (χ2n) is 9.91. The number of pyridine rings is 1. The fourth-order valence-corrected chi connectivity index (χ4v) is 6.99. The number of rotatable bonds is 1. The monoisotopic (exact) mass is 374 g/mol. The quantitative estimate of drug-likeness (QED) is 0.720. The molecule has 2 fully saturated rings. The van der Waals surface area contributed by atoms with Crippen LogP contribution in [0.1, 0.15) is 58.4 Å². The van der Waals surface area contributed by atoms with E-state index < -0.39 is 0 Å². The van der Waals surface area contributed by atoms with Gasteiger partial charge in [0.2, 0.25) is 0 Å². The van der Waals surface area contributed by atoms with Crippen LogP contribution in [0.3, 0.4) is 0 Å². The smallest absolute Gasteiger partial charge is 0.155 e. The maximum absolute atomic E-state index is 12.1. The van der Waals surface area contributed by atoms with Gasteiger partial charge in [0.25, 0.3) is 0 Å². The molecular weight excluding hydrogens is 344 g/mol. The van der Waals surface area contributed by atoms with Crippen molar-refractivity contribution in [3.8, 4) is 0 Å². The van der Waals surface area contributed by atoms with E-state index in [9.17, 15) is 4.79 Å². The summed E-state index contributed by atoms with van der Waals surface area (Å²) in [5, 5.41) is 0. The Hall–Kier alpha value is -2.16. The standard InChI is InChI=1S/C25H30N2O/c1-15-10-19-21-5-4-20(16-11-17(26)14-27-13-16)24(21,2)9-7-22(19)25(3)8-6-18(28)12-23(15)25/h4-5,11-15,19,22H,6-10,26H2,1-3H3/t15?,19?,22?,24-,25-/m1/s1. The van der Waals surface area contributed by atoms with Gasteiger partial charge < -0.3 is 5.73 Å². The first kappa shape index (κ1) is 17.9. The summed E-state index contributed by atoms with van der Waals surface area (Å²) in [6, 6.07) is 2.06. The summed E-state index contributed by atoms with van der Waals surface area (Å²) < 4.78 is 0. The van der Waals surface area contributed by atoms with Crippen LogP contribution in [0.2, 0.25) is 0 Å². The normalized spacial score (nSPS) is 39.3. The van der Waals surface area contributed by atoms with E-state index in [2.05, 4.69) is 44.0 Å². The molecule has 2 N–H and O–H groups in total. The van der Waals surface area contributed by atoms with Crippen LogP contribution in [0, 0.1) is 28.6 Å². The first-order valence-corrected chi connectivity index (χ1v) is 10.7. The highest BCUT2D eigenvalue weighted by Crippen LogP contribution is 2.66. The van der Waals surface area contributed by atoms with Gasteiger partial charge >= 0.3 is 0 Å². The number of carbonyl (C=O) groups excluding carboxylic acids is 1. The van der Waals surface area contributed by atoms with E-state index in [1.165, 1.54) is 17.6 Å². The van der Waals surface area contributed by atoms with Crippen LogP contribution in [0.15, 0.2) is 47.8 Å². The van der Waals surface area contributed by atoms with E-state index in [0.717, 1.165) is 30.5 Å². The van der Waals surface area contributed by atoms with E-state index in [1.54, 1.807) is 11.8 Å². The highest BCUT2D eigenvalue weighted by Gasteiger charge is 2.56. The fourth-order valence-electron chi connectivity index (χ4n) is 6.99. The SMILES string of the molecule is CC1CC2C3=CC=C(c4cncc(N)c4)[C@@]3(C)CCC2[C@@]2(C)CCC(=O)C=C12. The summed E-state index contributed by atoms with van der Waals surface area (Å²) in [5.74, 6) is 2.06. The molecule has 5 atom stereocenters. The average Bonchev–Trinajstić information content (AvgIpc) is 3.01. The van der Waals surface area contributed by atoms with Crippen molar-refractivity contribution >= 4 is 17.0 Å². The van der Waals surface area contributed by atoms with Crippen molar-refractivity contribution in [1.29, 1.82) is 0 Å². The molecular formula is C25H30N2O. The van der Waals surface area contributed by atoms with Crippen LogP contribution in [0.4, 0.5) is 5.69 Å². The lowest BCUT2D eigenvalue weighted by Gasteiger charge is -2.57. The summed E-state index contributed by atoms with van der Waals surface area (Å²) in [5.41, 5.74) is 12.6. The van der Waals surface area contributed by atoms with E-state index >= 15 is 0 Å². The predicted molar refractivity (Wildman–Crippen MR) is 113 cm³/mol. The average molecular weight is 375 g/mol. The molecule has 0 aromatic carbocycles. The van der Waals surface area contributed by atoms with Gasteiger partial charge in [-0.05, 0) is 72.1 Å². The van der Waals surface area contributed by atoms with Gasteiger partial charge in [-0.15, -0.1) is 0 Å². The van der Waals surface area contributed by atoms with Gasteiger partial charge in [-0.25, -0.2) is 0 Å². The number of ketones is 1. The Morgan fingerprint density at radius 3 is 2.75 bits per heavy atom. The molecule has 0 saturated heterocycles. The van der Waals surface area contributed by atoms with Crippen LogP contribution < -0.4 is 5.73 Å². The number of nitrogens with zero attached hydrogens (tertiary/aromatic N) is 1. The molecule has 4 aliphatic carbocycles. The Kier molecular flexibility index (Phi) is 3.78. The molecule has 5 rings (SSSR count). The summed E-state index contributed by atoms with van der Waals surface area (Å²) in [7, 11) is 0. The van der Waals surface area contributed by atoms with Gasteiger partial charge in [-0.1, -0.05) is 44.1 Å². The number of nitrogens with two attached hydrogens (primary N) is 1. The maximum Gasteiger partial charge on any atom is 0.155 e. The second-order valence-corrected chi connectivity index (χ2v) is 9.91. The molecule has 0 aliphatic heterocycles. The molecule has 2 saturated carbocycles. The third kappa shape index (κ3) is 2.34. The third-order valence-electron chi connectivity index (χ3n) is 8.40. The van der Waals surface area contributed by atoms with Gasteiger partial charge in [-0.3, -0.25) is 9.78 Å². The summed E-state index contributed by atoms with van der Waals surface area (Å²) in [6.07, 6.45) is 15.7. The zero-order chi connectivity index (χ0) is 19.7. The summed E-state index contributed by atoms with van der Waals surface area (Å²) in [4.78, 5) is 16.4. The van der Waals surface area contributed by atoms with Crippen molar-refractivity contribution in [1.82, 2.24) is 4.98 Å². The largest absolute Gasteiger partial charge is 0.397 e. The van der Waals surface area contributed by atoms with Crippen molar-refractivity contribution in [2.75, 3.05) is 5.73 Å². The first-order chi connectivity index (χ1) is 13.3. The number of hydrogen-bond acceptors (Lipinski definition) is 3. The highest BCUT2D eigenvalue weighted by molar-refractivity contribution is 5.91. The molecule has 1 aromatic rings. The van der Waals surface area contributed by atoms with Gasteiger partial charge in [0.1, 0.15) is 0 Å². The van der Waals surface area contributed by atoms with Gasteiger partial charge in [0.05, 0.1) is 5.69 Å². The number of nitrogen functional groups attached to an aromatic ring is 1. The fraction of sp³-hybridized carbons (Fsp3) is 0.520. The second kappa shape index (κ2) is 5.92. The molecule has 3 nitrogen and oxygen atoms in total. The van der Waals surface area contributed by atoms with Crippen molar-refractivity contribution in [2.24, 2.45) is 28.6 Å². The Morgan fingerprint density at radius 1 is 1.14 bits per heavy atom. The number of aromatic nitrogens is 1. The van der Waals surface area contributed by atoms with Crippen LogP contribution in [-0.4, -0.2) is 10.8 Å². The van der Waals surface area contributed by atoms with Crippen LogP contribution in [-0.2, 0) is 4.79 Å². The molecule has 0 bridgehead atoms. The van der Waals surface area contributed by atoms with Crippen molar-refractivity contribution in [3.05, 3.63) is 53.4 Å². The van der Waals surface area contributed by atoms with Crippen molar-refractivity contribution < 1.29 is 4.79 Å². The molecule has 0 amide bonds. The predicted octanol–water partition coefficient (Wildman–Crippen LogP) is 5.36. The van der Waals surface area contributed by atoms with E-state index in [4.69, 9.17) is 5.73 Å². The minimum atomic E-state index is 0.0818. The Balaban J connectivity index is 1.52. The maximum atomic E-state index is 12.1. The molecule has 0 radical (unpaired) electrons. The van der Waals surface area contributed by atoms with Crippen molar-refractivity contribution in [3.63, 3.8) is 0 Å². The Bertz CT molecular complexity index is 955. The zero-order valence-electron chi connectivity index (χ0n) is 17.2. The summed E-state index contributed by atoms with van der Waals surface area (Å²) >= 11 is 0. The van der Waals surface area contributed by atoms with Crippen LogP contribution in [0.25, 0.3) is 5.57 Å². The van der Waals surface area contributed by atoms with E-state index in [0.29, 0.717) is 30.0 Å². The Labute approximate surface area is 167 Å². The number of hydrogen-bond donors (Lipinski definition) is 1. The minimum absolute atomic E-state index is 0.0818. The number of allylic oxidation sites excluding steroid dienone is 6. The van der Waals surface area contributed by atoms with Gasteiger partial charge in [0, 0.05) is 24.2 Å². The number of fused-ring (bicyclic) bond motifs is 5. The lowest BCUT2D eigenvalue weighted by molar-refractivity contribution is -0.116. The molecule has 1 heterocycles. The minimum Gasteiger partial charge on any atom is -0.397 e. The zero-order valence-corrected chi connectivity index (χ0v) is 17.2. The Morgan fingerprint density at radius 2 is 1.96 bits per heavy atom. The van der Waals surface area contributed by atoms with Crippen molar-refractivity contribution in [2.45, 2.75) is 52.9 Å². The molecule has 146 valence electrons. The number of anilines is 1. The lowest BCUT2D eigenvalue weighted by atomic mass is 9.46. The lowest BCUT2D eigenvalue weighted by Crippen LogP contribution is -2.49. The molecule has 3 heteroatoms. The molecule has 28 heavy (non-hydrogen) atoms. The molecule has 3 unspecified atom stereocenters. The molecule has 1 aromatic heterocycles. The third-order valence-corrected chi connectivity index (χ3v) is 8.40. The molecule has 4 aliphatic rings. The first-order valence-electron chi connectivity index (χ1n) is 10.7. The van der Waals surface area contributed by atoms with Crippen LogP contribution >= 0.6 is 0 Å². The highest BCUT2D eigenvalue weighted by atomic mass is 16.1. The molecule has 0 spiro atoms. The van der Waals surface area contributed by atoms with Gasteiger partial charge in [-0.2, -0.15) is 0 Å². The van der Waals surface area contributed by atoms with Gasteiger partial charge in [0.15, 0.2) is 5.78 Å². The number of carbonyl (C=O) groups is 1. The van der Waals surface area contributed by atoms with E-state index in [-0.39, 0.29) is 10.8 Å².